The molecule has 0 amide bonds. The lowest BCUT2D eigenvalue weighted by atomic mass is 10.2. The Balaban J connectivity index is 1.64. The number of ether oxygens (including phenoxy) is 2. The van der Waals surface area contributed by atoms with E-state index in [1.165, 1.54) is 0 Å². The Morgan fingerprint density at radius 1 is 0.889 bits per heavy atom. The fourth-order valence-electron chi connectivity index (χ4n) is 2.37. The van der Waals surface area contributed by atoms with Crippen LogP contribution in [0.5, 0.6) is 0 Å². The number of hydrogen-bond acceptors (Lipinski definition) is 6. The molecule has 2 aromatic heterocycles. The Labute approximate surface area is 102 Å². The van der Waals surface area contributed by atoms with Crippen LogP contribution in [-0.2, 0) is 35.8 Å². The van der Waals surface area contributed by atoms with Crippen LogP contribution in [0.1, 0.15) is 11.4 Å². The van der Waals surface area contributed by atoms with Gasteiger partial charge in [-0.1, -0.05) is 10.4 Å². The van der Waals surface area contributed by atoms with Crippen LogP contribution in [0.4, 0.5) is 0 Å². The third kappa shape index (κ3) is 1.53. The quantitative estimate of drug-likeness (QED) is 0.617. The summed E-state index contributed by atoms with van der Waals surface area (Å²) in [5.74, 6) is 0. The molecule has 2 aliphatic rings. The van der Waals surface area contributed by atoms with E-state index >= 15 is 0 Å². The topological polar surface area (TPSA) is 79.9 Å². The summed E-state index contributed by atoms with van der Waals surface area (Å²) in [7, 11) is 0. The van der Waals surface area contributed by atoms with E-state index in [4.69, 9.17) is 9.47 Å². The zero-order valence-corrected chi connectivity index (χ0v) is 9.64. The molecule has 0 fully saturated rings. The molecule has 8 heteroatoms. The molecule has 0 radical (unpaired) electrons. The van der Waals surface area contributed by atoms with Crippen molar-refractivity contribution in [2.45, 2.75) is 38.5 Å². The number of aromatic nitrogens is 6. The van der Waals surface area contributed by atoms with Crippen LogP contribution in [0.15, 0.2) is 12.4 Å². The molecule has 0 saturated carbocycles. The summed E-state index contributed by atoms with van der Waals surface area (Å²) in [6.45, 7) is 2.33. The minimum absolute atomic E-state index is 0.0327. The van der Waals surface area contributed by atoms with Crippen LogP contribution in [-0.4, -0.2) is 42.2 Å². The molecule has 0 aliphatic carbocycles. The van der Waals surface area contributed by atoms with Crippen LogP contribution < -0.4 is 0 Å². The summed E-state index contributed by atoms with van der Waals surface area (Å²) >= 11 is 0. The first-order chi connectivity index (χ1) is 8.90. The van der Waals surface area contributed by atoms with Crippen molar-refractivity contribution in [2.75, 3.05) is 0 Å². The maximum Gasteiger partial charge on any atom is 0.106 e. The first-order valence-electron chi connectivity index (χ1n) is 5.88. The summed E-state index contributed by atoms with van der Waals surface area (Å²) in [6, 6.07) is 0. The van der Waals surface area contributed by atoms with Crippen molar-refractivity contribution in [1.82, 2.24) is 30.0 Å². The number of hydrogen-bond donors (Lipinski definition) is 0. The Morgan fingerprint density at radius 2 is 1.39 bits per heavy atom. The van der Waals surface area contributed by atoms with Crippen LogP contribution in [0.2, 0.25) is 0 Å². The lowest BCUT2D eigenvalue weighted by Crippen LogP contribution is -2.35. The second-order valence-corrected chi connectivity index (χ2v) is 4.51. The zero-order chi connectivity index (χ0) is 11.9. The fourth-order valence-corrected chi connectivity index (χ4v) is 2.37. The summed E-state index contributed by atoms with van der Waals surface area (Å²) in [4.78, 5) is 0. The van der Waals surface area contributed by atoms with E-state index in [1.54, 1.807) is 12.4 Å². The Morgan fingerprint density at radius 3 is 1.89 bits per heavy atom. The fraction of sp³-hybridized carbons (Fsp3) is 0.600. The Kier molecular flexibility index (Phi) is 2.17. The standard InChI is InChI=1S/C10H12N6O2/c1-7-5-17-10-4-16-8(2-12-14-16)6-18-9(10)3-15(7)13-11-1/h1-2,9-10H,3-6H2/t9-,10+. The first kappa shape index (κ1) is 10.2. The Hall–Kier alpha value is -1.80. The SMILES string of the molecule is c1nnn2c1CO[C@@H]1Cn3nncc3CO[C@H]1C2. The molecule has 18 heavy (non-hydrogen) atoms. The average Bonchev–Trinajstić information content (AvgIpc) is 2.92. The molecule has 4 heterocycles. The van der Waals surface area contributed by atoms with Gasteiger partial charge in [-0.2, -0.15) is 0 Å². The van der Waals surface area contributed by atoms with Gasteiger partial charge >= 0.3 is 0 Å². The maximum atomic E-state index is 5.88. The minimum Gasteiger partial charge on any atom is -0.367 e. The van der Waals surface area contributed by atoms with Gasteiger partial charge in [-0.05, 0) is 0 Å². The van der Waals surface area contributed by atoms with Crippen molar-refractivity contribution in [3.63, 3.8) is 0 Å². The number of nitrogens with zero attached hydrogens (tertiary/aromatic N) is 6. The minimum atomic E-state index is -0.0327. The van der Waals surface area contributed by atoms with E-state index in [0.717, 1.165) is 11.4 Å². The van der Waals surface area contributed by atoms with E-state index in [0.29, 0.717) is 26.3 Å². The highest BCUT2D eigenvalue weighted by Crippen LogP contribution is 2.21. The highest BCUT2D eigenvalue weighted by atomic mass is 16.5. The van der Waals surface area contributed by atoms with Crippen molar-refractivity contribution in [3.05, 3.63) is 23.8 Å². The lowest BCUT2D eigenvalue weighted by Gasteiger charge is -2.21. The largest absolute Gasteiger partial charge is 0.367 e. The summed E-state index contributed by atoms with van der Waals surface area (Å²) in [5, 5.41) is 15.9. The molecule has 0 bridgehead atoms. The molecular formula is C10H12N6O2. The van der Waals surface area contributed by atoms with Gasteiger partial charge in [-0.25, -0.2) is 9.36 Å². The third-order valence-electron chi connectivity index (χ3n) is 3.41. The van der Waals surface area contributed by atoms with Crippen molar-refractivity contribution >= 4 is 0 Å². The van der Waals surface area contributed by atoms with Gasteiger partial charge in [0.25, 0.3) is 0 Å². The second-order valence-electron chi connectivity index (χ2n) is 4.51. The molecule has 0 aromatic carbocycles. The summed E-state index contributed by atoms with van der Waals surface area (Å²) in [6.07, 6.45) is 3.39. The molecule has 94 valence electrons. The molecular weight excluding hydrogens is 236 g/mol. The summed E-state index contributed by atoms with van der Waals surface area (Å²) in [5.41, 5.74) is 1.95. The first-order valence-corrected chi connectivity index (χ1v) is 5.88. The molecule has 2 aliphatic heterocycles. The molecule has 4 rings (SSSR count). The zero-order valence-electron chi connectivity index (χ0n) is 9.64. The van der Waals surface area contributed by atoms with E-state index in [1.807, 2.05) is 9.36 Å². The molecule has 2 atom stereocenters. The molecule has 0 saturated heterocycles. The molecule has 8 nitrogen and oxygen atoms in total. The molecule has 0 spiro atoms. The highest BCUT2D eigenvalue weighted by Gasteiger charge is 2.32. The predicted molar refractivity (Wildman–Crippen MR) is 57.2 cm³/mol. The van der Waals surface area contributed by atoms with Crippen molar-refractivity contribution < 1.29 is 9.47 Å². The Bertz CT molecular complexity index is 514. The smallest absolute Gasteiger partial charge is 0.106 e. The van der Waals surface area contributed by atoms with Gasteiger partial charge in [0.05, 0.1) is 50.1 Å². The third-order valence-corrected chi connectivity index (χ3v) is 3.41. The van der Waals surface area contributed by atoms with E-state index < -0.39 is 0 Å². The van der Waals surface area contributed by atoms with Crippen molar-refractivity contribution in [1.29, 1.82) is 0 Å². The van der Waals surface area contributed by atoms with Gasteiger partial charge in [0.2, 0.25) is 0 Å². The number of rotatable bonds is 0. The molecule has 2 aromatic rings. The maximum absolute atomic E-state index is 5.88. The monoisotopic (exact) mass is 248 g/mol. The van der Waals surface area contributed by atoms with Crippen LogP contribution in [0, 0.1) is 0 Å². The number of fused-ring (bicyclic) bond motifs is 3. The van der Waals surface area contributed by atoms with Gasteiger partial charge in [-0.15, -0.1) is 10.2 Å². The van der Waals surface area contributed by atoms with E-state index in [-0.39, 0.29) is 12.2 Å². The van der Waals surface area contributed by atoms with Gasteiger partial charge in [0.15, 0.2) is 0 Å². The molecule has 0 unspecified atom stereocenters. The highest BCUT2D eigenvalue weighted by molar-refractivity contribution is 4.98. The van der Waals surface area contributed by atoms with Crippen LogP contribution >= 0.6 is 0 Å². The second kappa shape index (κ2) is 3.85. The van der Waals surface area contributed by atoms with Gasteiger partial charge in [0, 0.05) is 0 Å². The predicted octanol–water partition coefficient (Wildman–Crippen LogP) is -0.633. The van der Waals surface area contributed by atoms with Crippen molar-refractivity contribution in [2.24, 2.45) is 0 Å². The summed E-state index contributed by atoms with van der Waals surface area (Å²) < 4.78 is 15.5. The van der Waals surface area contributed by atoms with Crippen LogP contribution in [0.25, 0.3) is 0 Å². The lowest BCUT2D eigenvalue weighted by molar-refractivity contribution is -0.0804. The average molecular weight is 248 g/mol. The van der Waals surface area contributed by atoms with Gasteiger partial charge in [0.1, 0.15) is 12.2 Å². The van der Waals surface area contributed by atoms with Gasteiger partial charge in [-0.3, -0.25) is 0 Å². The normalized spacial score (nSPS) is 26.7. The van der Waals surface area contributed by atoms with E-state index in [9.17, 15) is 0 Å². The van der Waals surface area contributed by atoms with Gasteiger partial charge < -0.3 is 9.47 Å². The van der Waals surface area contributed by atoms with E-state index in [2.05, 4.69) is 20.6 Å². The van der Waals surface area contributed by atoms with Crippen LogP contribution in [0.3, 0.4) is 0 Å². The van der Waals surface area contributed by atoms with Crippen molar-refractivity contribution in [3.8, 4) is 0 Å². The molecule has 0 N–H and O–H groups in total.